The molecule has 0 saturated carbocycles. The zero-order chi connectivity index (χ0) is 14.2. The van der Waals surface area contributed by atoms with E-state index in [0.29, 0.717) is 12.3 Å². The molecule has 2 rings (SSSR count). The van der Waals surface area contributed by atoms with E-state index >= 15 is 0 Å². The van der Waals surface area contributed by atoms with Crippen LogP contribution in [0, 0.1) is 11.3 Å². The number of Topliss-reactive ketones (excluding diaryl/α,β-unsaturated/α-hetero) is 1. The van der Waals surface area contributed by atoms with Crippen LogP contribution in [0.4, 0.5) is 0 Å². The topological polar surface area (TPSA) is 26.3 Å². The van der Waals surface area contributed by atoms with Gasteiger partial charge >= 0.3 is 0 Å². The van der Waals surface area contributed by atoms with E-state index in [0.717, 1.165) is 17.7 Å². The third-order valence-corrected chi connectivity index (χ3v) is 4.19. The summed E-state index contributed by atoms with van der Waals surface area (Å²) < 4.78 is 5.67. The van der Waals surface area contributed by atoms with Crippen molar-refractivity contribution in [2.45, 2.75) is 53.6 Å². The van der Waals surface area contributed by atoms with Gasteiger partial charge in [-0.1, -0.05) is 27.7 Å². The number of fused-ring (bicyclic) bond motifs is 1. The molecule has 104 valence electrons. The smallest absolute Gasteiger partial charge is 0.163 e. The van der Waals surface area contributed by atoms with E-state index in [2.05, 4.69) is 34.6 Å². The first-order chi connectivity index (χ1) is 8.77. The normalized spacial score (nSPS) is 19.7. The molecule has 0 bridgehead atoms. The Morgan fingerprint density at radius 2 is 2.11 bits per heavy atom. The summed E-state index contributed by atoms with van der Waals surface area (Å²) in [6.45, 7) is 10.8. The summed E-state index contributed by atoms with van der Waals surface area (Å²) in [6.07, 6.45) is 1.75. The second kappa shape index (κ2) is 4.99. The molecule has 1 aliphatic rings. The Kier molecular flexibility index (Phi) is 3.71. The number of ether oxygens (including phenoxy) is 1. The Hall–Kier alpha value is -1.31. The van der Waals surface area contributed by atoms with Crippen molar-refractivity contribution < 1.29 is 9.53 Å². The van der Waals surface area contributed by atoms with Crippen LogP contribution in [0.25, 0.3) is 0 Å². The number of carbonyl (C=O) groups excluding carboxylic acids is 1. The molecule has 1 aromatic rings. The Morgan fingerprint density at radius 1 is 1.42 bits per heavy atom. The zero-order valence-electron chi connectivity index (χ0n) is 12.6. The predicted molar refractivity (Wildman–Crippen MR) is 77.8 cm³/mol. The van der Waals surface area contributed by atoms with Crippen molar-refractivity contribution in [3.63, 3.8) is 0 Å². The van der Waals surface area contributed by atoms with Gasteiger partial charge in [-0.3, -0.25) is 4.79 Å². The minimum Gasteiger partial charge on any atom is -0.490 e. The molecule has 0 radical (unpaired) electrons. The van der Waals surface area contributed by atoms with Crippen LogP contribution >= 0.6 is 0 Å². The van der Waals surface area contributed by atoms with E-state index in [9.17, 15) is 4.79 Å². The molecule has 19 heavy (non-hydrogen) atoms. The maximum Gasteiger partial charge on any atom is 0.163 e. The van der Waals surface area contributed by atoms with Gasteiger partial charge in [0.25, 0.3) is 0 Å². The highest BCUT2D eigenvalue weighted by atomic mass is 16.5. The van der Waals surface area contributed by atoms with Crippen LogP contribution < -0.4 is 4.74 Å². The standard InChI is InChI=1S/C17H24O2/c1-11(17(3,4)5)8-15(18)13-6-7-16-14(10-13)9-12(2)19-16/h6-7,10-12H,8-9H2,1-5H3. The highest BCUT2D eigenvalue weighted by Crippen LogP contribution is 2.32. The van der Waals surface area contributed by atoms with Crippen molar-refractivity contribution in [3.05, 3.63) is 29.3 Å². The molecule has 2 atom stereocenters. The molecular weight excluding hydrogens is 236 g/mol. The lowest BCUT2D eigenvalue weighted by molar-refractivity contribution is 0.0927. The molecule has 0 fully saturated rings. The van der Waals surface area contributed by atoms with E-state index < -0.39 is 0 Å². The maximum absolute atomic E-state index is 12.3. The number of hydrogen-bond acceptors (Lipinski definition) is 2. The van der Waals surface area contributed by atoms with Gasteiger partial charge in [-0.05, 0) is 42.0 Å². The Bertz CT molecular complexity index is 483. The van der Waals surface area contributed by atoms with Gasteiger partial charge < -0.3 is 4.74 Å². The van der Waals surface area contributed by atoms with Gasteiger partial charge in [0.2, 0.25) is 0 Å². The van der Waals surface area contributed by atoms with E-state index in [4.69, 9.17) is 4.74 Å². The summed E-state index contributed by atoms with van der Waals surface area (Å²) in [7, 11) is 0. The second-order valence-corrected chi connectivity index (χ2v) is 6.85. The second-order valence-electron chi connectivity index (χ2n) is 6.85. The zero-order valence-corrected chi connectivity index (χ0v) is 12.6. The Balaban J connectivity index is 2.11. The molecule has 2 nitrogen and oxygen atoms in total. The van der Waals surface area contributed by atoms with Gasteiger partial charge in [0.15, 0.2) is 5.78 Å². The van der Waals surface area contributed by atoms with Crippen LogP contribution in [0.15, 0.2) is 18.2 Å². The molecule has 2 unspecified atom stereocenters. The molecule has 1 aliphatic heterocycles. The van der Waals surface area contributed by atoms with Crippen LogP contribution in [0.5, 0.6) is 5.75 Å². The molecule has 0 aliphatic carbocycles. The van der Waals surface area contributed by atoms with Gasteiger partial charge in [0, 0.05) is 18.4 Å². The molecule has 0 N–H and O–H groups in total. The van der Waals surface area contributed by atoms with Crippen molar-refractivity contribution in [2.24, 2.45) is 11.3 Å². The number of rotatable bonds is 3. The minimum absolute atomic E-state index is 0.171. The summed E-state index contributed by atoms with van der Waals surface area (Å²) in [4.78, 5) is 12.3. The Morgan fingerprint density at radius 3 is 2.74 bits per heavy atom. The van der Waals surface area contributed by atoms with Crippen molar-refractivity contribution in [2.75, 3.05) is 0 Å². The third-order valence-electron chi connectivity index (χ3n) is 4.19. The summed E-state index contributed by atoms with van der Waals surface area (Å²) in [5, 5.41) is 0. The van der Waals surface area contributed by atoms with Gasteiger partial charge in [0.1, 0.15) is 11.9 Å². The summed E-state index contributed by atoms with van der Waals surface area (Å²) >= 11 is 0. The largest absolute Gasteiger partial charge is 0.490 e. The fraction of sp³-hybridized carbons (Fsp3) is 0.588. The first-order valence-electron chi connectivity index (χ1n) is 7.10. The minimum atomic E-state index is 0.171. The van der Waals surface area contributed by atoms with Gasteiger partial charge in [0.05, 0.1) is 0 Å². The third kappa shape index (κ3) is 3.17. The molecule has 0 saturated heterocycles. The van der Waals surface area contributed by atoms with Gasteiger partial charge in [-0.15, -0.1) is 0 Å². The average Bonchev–Trinajstić information content (AvgIpc) is 2.66. The van der Waals surface area contributed by atoms with Crippen LogP contribution in [0.1, 0.15) is 57.0 Å². The van der Waals surface area contributed by atoms with E-state index in [1.54, 1.807) is 0 Å². The fourth-order valence-corrected chi connectivity index (χ4v) is 2.30. The highest BCUT2D eigenvalue weighted by molar-refractivity contribution is 5.96. The monoisotopic (exact) mass is 260 g/mol. The van der Waals surface area contributed by atoms with Gasteiger partial charge in [-0.2, -0.15) is 0 Å². The van der Waals surface area contributed by atoms with Crippen LogP contribution in [-0.4, -0.2) is 11.9 Å². The molecule has 0 spiro atoms. The fourth-order valence-electron chi connectivity index (χ4n) is 2.30. The van der Waals surface area contributed by atoms with E-state index in [-0.39, 0.29) is 17.3 Å². The lowest BCUT2D eigenvalue weighted by Gasteiger charge is -2.26. The molecule has 1 aromatic carbocycles. The number of benzene rings is 1. The molecule has 0 aromatic heterocycles. The van der Waals surface area contributed by atoms with Crippen LogP contribution in [-0.2, 0) is 6.42 Å². The first kappa shape index (κ1) is 14.1. The lowest BCUT2D eigenvalue weighted by Crippen LogP contribution is -2.20. The summed E-state index contributed by atoms with van der Waals surface area (Å²) in [5.74, 6) is 1.56. The molecular formula is C17H24O2. The van der Waals surface area contributed by atoms with Crippen molar-refractivity contribution >= 4 is 5.78 Å². The summed E-state index contributed by atoms with van der Waals surface area (Å²) in [5.41, 5.74) is 2.17. The van der Waals surface area contributed by atoms with Crippen LogP contribution in [0.3, 0.4) is 0 Å². The van der Waals surface area contributed by atoms with Gasteiger partial charge in [-0.25, -0.2) is 0 Å². The summed E-state index contributed by atoms with van der Waals surface area (Å²) in [6, 6.07) is 5.85. The highest BCUT2D eigenvalue weighted by Gasteiger charge is 2.24. The maximum atomic E-state index is 12.3. The van der Waals surface area contributed by atoms with Crippen molar-refractivity contribution in [1.29, 1.82) is 0 Å². The quantitative estimate of drug-likeness (QED) is 0.759. The van der Waals surface area contributed by atoms with E-state index in [1.807, 2.05) is 18.2 Å². The predicted octanol–water partition coefficient (Wildman–Crippen LogP) is 4.27. The Labute approximate surface area is 116 Å². The molecule has 2 heteroatoms. The number of carbonyl (C=O) groups is 1. The van der Waals surface area contributed by atoms with Crippen molar-refractivity contribution in [1.82, 2.24) is 0 Å². The molecule has 1 heterocycles. The van der Waals surface area contributed by atoms with Crippen molar-refractivity contribution in [3.8, 4) is 5.75 Å². The number of ketones is 1. The number of hydrogen-bond donors (Lipinski definition) is 0. The lowest BCUT2D eigenvalue weighted by atomic mass is 9.78. The van der Waals surface area contributed by atoms with Crippen LogP contribution in [0.2, 0.25) is 0 Å². The average molecular weight is 260 g/mol. The first-order valence-corrected chi connectivity index (χ1v) is 7.10. The van der Waals surface area contributed by atoms with E-state index in [1.165, 1.54) is 5.56 Å². The SMILES string of the molecule is CC1Cc2cc(C(=O)CC(C)C(C)(C)C)ccc2O1. The molecule has 0 amide bonds.